The Kier molecular flexibility index (Phi) is 1.78. The number of carbonyl (C=O) groups excluding carboxylic acids is 1. The number of amides is 1. The van der Waals surface area contributed by atoms with Crippen LogP contribution in [0.3, 0.4) is 0 Å². The van der Waals surface area contributed by atoms with Crippen LogP contribution in [0.5, 0.6) is 0 Å². The number of aromatic nitrogens is 1. The first kappa shape index (κ1) is 8.53. The predicted molar refractivity (Wildman–Crippen MR) is 58.4 cm³/mol. The summed E-state index contributed by atoms with van der Waals surface area (Å²) in [5.41, 5.74) is 2.34. The Balaban J connectivity index is 2.00. The molecule has 15 heavy (non-hydrogen) atoms. The third-order valence-electron chi connectivity index (χ3n) is 2.98. The Morgan fingerprint density at radius 2 is 2.20 bits per heavy atom. The first-order chi connectivity index (χ1) is 7.33. The molecule has 0 spiro atoms. The van der Waals surface area contributed by atoms with Gasteiger partial charge >= 0.3 is 0 Å². The van der Waals surface area contributed by atoms with E-state index >= 15 is 0 Å². The summed E-state index contributed by atoms with van der Waals surface area (Å²) in [7, 11) is 0. The van der Waals surface area contributed by atoms with Crippen LogP contribution in [0, 0.1) is 0 Å². The molecule has 3 heteroatoms. The number of rotatable bonds is 1. The third kappa shape index (κ3) is 1.40. The van der Waals surface area contributed by atoms with Crippen molar-refractivity contribution in [2.24, 2.45) is 0 Å². The Labute approximate surface area is 87.5 Å². The van der Waals surface area contributed by atoms with E-state index < -0.39 is 0 Å². The smallest absolute Gasteiger partial charge is 0.220 e. The fraction of sp³-hybridized carbons (Fsp3) is 0.250. The fourth-order valence-corrected chi connectivity index (χ4v) is 2.15. The summed E-state index contributed by atoms with van der Waals surface area (Å²) in [4.78, 5) is 14.3. The standard InChI is InChI=1S/C12H12N2O/c15-12-4-3-11(14-12)8-1-2-10-9(7-8)5-6-13-10/h1-2,5-7,11,13H,3-4H2,(H,14,15). The zero-order valence-corrected chi connectivity index (χ0v) is 8.29. The lowest BCUT2D eigenvalue weighted by Crippen LogP contribution is -2.18. The molecule has 1 atom stereocenters. The van der Waals surface area contributed by atoms with Crippen molar-refractivity contribution in [3.63, 3.8) is 0 Å². The van der Waals surface area contributed by atoms with Gasteiger partial charge in [-0.15, -0.1) is 0 Å². The molecule has 1 saturated heterocycles. The van der Waals surface area contributed by atoms with Gasteiger partial charge in [-0.05, 0) is 35.6 Å². The lowest BCUT2D eigenvalue weighted by atomic mass is 10.0. The van der Waals surface area contributed by atoms with E-state index in [4.69, 9.17) is 0 Å². The lowest BCUT2D eigenvalue weighted by Gasteiger charge is -2.09. The average molecular weight is 200 g/mol. The van der Waals surface area contributed by atoms with Crippen molar-refractivity contribution in [2.45, 2.75) is 18.9 Å². The molecule has 1 aromatic heterocycles. The third-order valence-corrected chi connectivity index (χ3v) is 2.98. The minimum Gasteiger partial charge on any atom is -0.361 e. The number of nitrogens with one attached hydrogen (secondary N) is 2. The SMILES string of the molecule is O=C1CCC(c2ccc3[nH]ccc3c2)N1. The molecular formula is C12H12N2O. The van der Waals surface area contributed by atoms with Crippen LogP contribution in [0.1, 0.15) is 24.4 Å². The van der Waals surface area contributed by atoms with E-state index in [0.717, 1.165) is 11.9 Å². The maximum absolute atomic E-state index is 11.1. The van der Waals surface area contributed by atoms with E-state index in [1.54, 1.807) is 0 Å². The zero-order chi connectivity index (χ0) is 10.3. The number of benzene rings is 1. The lowest BCUT2D eigenvalue weighted by molar-refractivity contribution is -0.119. The van der Waals surface area contributed by atoms with Gasteiger partial charge in [-0.3, -0.25) is 4.79 Å². The van der Waals surface area contributed by atoms with Gasteiger partial charge in [0.25, 0.3) is 0 Å². The van der Waals surface area contributed by atoms with Crippen LogP contribution < -0.4 is 5.32 Å². The van der Waals surface area contributed by atoms with Crippen molar-refractivity contribution in [3.05, 3.63) is 36.0 Å². The Hall–Kier alpha value is -1.77. The molecule has 1 aliphatic rings. The van der Waals surface area contributed by atoms with Gasteiger partial charge in [-0.25, -0.2) is 0 Å². The topological polar surface area (TPSA) is 44.9 Å². The van der Waals surface area contributed by atoms with Gasteiger partial charge in [-0.1, -0.05) is 6.07 Å². The van der Waals surface area contributed by atoms with Crippen molar-refractivity contribution < 1.29 is 4.79 Å². The summed E-state index contributed by atoms with van der Waals surface area (Å²) in [6, 6.07) is 8.54. The molecule has 2 aromatic rings. The summed E-state index contributed by atoms with van der Waals surface area (Å²) < 4.78 is 0. The van der Waals surface area contributed by atoms with Crippen molar-refractivity contribution in [2.75, 3.05) is 0 Å². The molecule has 2 heterocycles. The van der Waals surface area contributed by atoms with E-state index in [9.17, 15) is 4.79 Å². The first-order valence-corrected chi connectivity index (χ1v) is 5.19. The van der Waals surface area contributed by atoms with Gasteiger partial charge < -0.3 is 10.3 Å². The summed E-state index contributed by atoms with van der Waals surface area (Å²) >= 11 is 0. The fourth-order valence-electron chi connectivity index (χ4n) is 2.15. The van der Waals surface area contributed by atoms with Gasteiger partial charge in [0, 0.05) is 18.1 Å². The second-order valence-corrected chi connectivity index (χ2v) is 3.98. The second-order valence-electron chi connectivity index (χ2n) is 3.98. The summed E-state index contributed by atoms with van der Waals surface area (Å²) in [5, 5.41) is 4.18. The number of H-pyrrole nitrogens is 1. The minimum absolute atomic E-state index is 0.161. The molecule has 1 fully saturated rings. The van der Waals surface area contributed by atoms with Gasteiger partial charge in [0.1, 0.15) is 0 Å². The zero-order valence-electron chi connectivity index (χ0n) is 8.29. The molecule has 3 nitrogen and oxygen atoms in total. The van der Waals surface area contributed by atoms with Crippen LogP contribution in [0.25, 0.3) is 10.9 Å². The van der Waals surface area contributed by atoms with Gasteiger partial charge in [0.15, 0.2) is 0 Å². The molecule has 0 aliphatic carbocycles. The monoisotopic (exact) mass is 200 g/mol. The van der Waals surface area contributed by atoms with Crippen LogP contribution in [0.2, 0.25) is 0 Å². The molecule has 76 valence electrons. The quantitative estimate of drug-likeness (QED) is 0.727. The van der Waals surface area contributed by atoms with Crippen LogP contribution >= 0.6 is 0 Å². The number of hydrogen-bond acceptors (Lipinski definition) is 1. The summed E-state index contributed by atoms with van der Waals surface area (Å²) in [6.07, 6.45) is 3.49. The molecule has 1 unspecified atom stereocenters. The molecule has 1 aliphatic heterocycles. The van der Waals surface area contributed by atoms with Crippen LogP contribution in [-0.2, 0) is 4.79 Å². The highest BCUT2D eigenvalue weighted by molar-refractivity contribution is 5.82. The maximum Gasteiger partial charge on any atom is 0.220 e. The van der Waals surface area contributed by atoms with Gasteiger partial charge in [-0.2, -0.15) is 0 Å². The number of aromatic amines is 1. The molecule has 0 saturated carbocycles. The number of hydrogen-bond donors (Lipinski definition) is 2. The maximum atomic E-state index is 11.1. The van der Waals surface area contributed by atoms with E-state index in [1.807, 2.05) is 6.20 Å². The van der Waals surface area contributed by atoms with Crippen molar-refractivity contribution in [3.8, 4) is 0 Å². The predicted octanol–water partition coefficient (Wildman–Crippen LogP) is 2.12. The van der Waals surface area contributed by atoms with E-state index in [2.05, 4.69) is 34.6 Å². The molecule has 3 rings (SSSR count). The molecule has 1 amide bonds. The number of fused-ring (bicyclic) bond motifs is 1. The van der Waals surface area contributed by atoms with Crippen LogP contribution in [0.15, 0.2) is 30.5 Å². The van der Waals surface area contributed by atoms with Crippen LogP contribution in [0.4, 0.5) is 0 Å². The molecule has 0 radical (unpaired) electrons. The highest BCUT2D eigenvalue weighted by Gasteiger charge is 2.22. The molecular weight excluding hydrogens is 188 g/mol. The van der Waals surface area contributed by atoms with E-state index in [-0.39, 0.29) is 11.9 Å². The van der Waals surface area contributed by atoms with Crippen molar-refractivity contribution in [1.82, 2.24) is 10.3 Å². The number of carbonyl (C=O) groups is 1. The summed E-state index contributed by atoms with van der Waals surface area (Å²) in [5.74, 6) is 0.161. The van der Waals surface area contributed by atoms with E-state index in [1.165, 1.54) is 10.9 Å². The summed E-state index contributed by atoms with van der Waals surface area (Å²) in [6.45, 7) is 0. The Morgan fingerprint density at radius 1 is 1.27 bits per heavy atom. The molecule has 1 aromatic carbocycles. The normalized spacial score (nSPS) is 20.8. The van der Waals surface area contributed by atoms with E-state index in [0.29, 0.717) is 6.42 Å². The largest absolute Gasteiger partial charge is 0.361 e. The first-order valence-electron chi connectivity index (χ1n) is 5.19. The van der Waals surface area contributed by atoms with Gasteiger partial charge in [0.2, 0.25) is 5.91 Å². The average Bonchev–Trinajstić information content (AvgIpc) is 2.84. The van der Waals surface area contributed by atoms with Crippen LogP contribution in [-0.4, -0.2) is 10.9 Å². The van der Waals surface area contributed by atoms with Gasteiger partial charge in [0.05, 0.1) is 6.04 Å². The minimum atomic E-state index is 0.161. The Morgan fingerprint density at radius 3 is 3.00 bits per heavy atom. The molecule has 2 N–H and O–H groups in total. The Bertz CT molecular complexity index is 515. The van der Waals surface area contributed by atoms with Crippen molar-refractivity contribution in [1.29, 1.82) is 0 Å². The highest BCUT2D eigenvalue weighted by atomic mass is 16.1. The molecule has 0 bridgehead atoms. The highest BCUT2D eigenvalue weighted by Crippen LogP contribution is 2.26. The van der Waals surface area contributed by atoms with Crippen molar-refractivity contribution >= 4 is 16.8 Å². The second kappa shape index (κ2) is 3.12.